The number of para-hydroxylation sites is 2. The highest BCUT2D eigenvalue weighted by molar-refractivity contribution is 5.80. The van der Waals surface area contributed by atoms with Crippen molar-refractivity contribution < 1.29 is 10.0 Å². The zero-order valence-electron chi connectivity index (χ0n) is 13.1. The second kappa shape index (κ2) is 7.20. The maximum Gasteiger partial charge on any atom is 0.260 e. The molecule has 0 saturated heterocycles. The molecule has 24 heavy (non-hydrogen) atoms. The van der Waals surface area contributed by atoms with Gasteiger partial charge in [0, 0.05) is 12.6 Å². The van der Waals surface area contributed by atoms with Crippen molar-refractivity contribution in [2.45, 2.75) is 25.4 Å². The SMILES string of the molecule is N[C@@H](CCc1nc2ccccc2n1Cc1ccccn1)C(=O)NO. The first kappa shape index (κ1) is 16.1. The normalized spacial score (nSPS) is 12.2. The summed E-state index contributed by atoms with van der Waals surface area (Å²) in [6, 6.07) is 12.9. The Bertz CT molecular complexity index is 831. The van der Waals surface area contributed by atoms with Crippen LogP contribution in [0.2, 0.25) is 0 Å². The van der Waals surface area contributed by atoms with Gasteiger partial charge < -0.3 is 10.3 Å². The molecular formula is C17H19N5O2. The van der Waals surface area contributed by atoms with Crippen molar-refractivity contribution in [1.82, 2.24) is 20.0 Å². The summed E-state index contributed by atoms with van der Waals surface area (Å²) in [5.41, 5.74) is 10.2. The minimum absolute atomic E-state index is 0.387. The standard InChI is InChI=1S/C17H19N5O2/c18-13(17(23)21-24)8-9-16-20-14-6-1-2-7-15(14)22(16)11-12-5-3-4-10-19-12/h1-7,10,13,24H,8-9,11,18H2,(H,21,23)/t13-/m0/s1. The van der Waals surface area contributed by atoms with E-state index in [-0.39, 0.29) is 0 Å². The van der Waals surface area contributed by atoms with Crippen LogP contribution in [0, 0.1) is 0 Å². The van der Waals surface area contributed by atoms with Gasteiger partial charge in [-0.1, -0.05) is 18.2 Å². The number of pyridine rings is 1. The number of carbonyl (C=O) groups excluding carboxylic acids is 1. The molecule has 124 valence electrons. The third-order valence-corrected chi connectivity index (χ3v) is 3.91. The topological polar surface area (TPSA) is 106 Å². The first-order valence-corrected chi connectivity index (χ1v) is 7.72. The number of hydrogen-bond donors (Lipinski definition) is 3. The van der Waals surface area contributed by atoms with Crippen LogP contribution in [0.1, 0.15) is 17.9 Å². The van der Waals surface area contributed by atoms with Gasteiger partial charge in [0.2, 0.25) is 0 Å². The van der Waals surface area contributed by atoms with Gasteiger partial charge in [-0.2, -0.15) is 0 Å². The highest BCUT2D eigenvalue weighted by atomic mass is 16.5. The maximum absolute atomic E-state index is 11.4. The lowest BCUT2D eigenvalue weighted by molar-refractivity contribution is -0.130. The molecule has 0 bridgehead atoms. The number of rotatable bonds is 6. The molecule has 2 heterocycles. The van der Waals surface area contributed by atoms with Crippen molar-refractivity contribution in [3.8, 4) is 0 Å². The Hall–Kier alpha value is -2.77. The molecule has 0 unspecified atom stereocenters. The van der Waals surface area contributed by atoms with Crippen LogP contribution in [0.5, 0.6) is 0 Å². The fourth-order valence-electron chi connectivity index (χ4n) is 2.64. The van der Waals surface area contributed by atoms with Crippen LogP contribution >= 0.6 is 0 Å². The van der Waals surface area contributed by atoms with Crippen LogP contribution in [-0.4, -0.2) is 31.7 Å². The fraction of sp³-hybridized carbons (Fsp3) is 0.235. The molecule has 1 atom stereocenters. The van der Waals surface area contributed by atoms with Gasteiger partial charge >= 0.3 is 0 Å². The summed E-state index contributed by atoms with van der Waals surface area (Å²) >= 11 is 0. The molecule has 0 fully saturated rings. The van der Waals surface area contributed by atoms with E-state index in [1.165, 1.54) is 0 Å². The molecule has 0 aliphatic carbocycles. The molecule has 0 aliphatic rings. The second-order valence-electron chi connectivity index (χ2n) is 5.55. The average molecular weight is 325 g/mol. The first-order valence-electron chi connectivity index (χ1n) is 7.72. The van der Waals surface area contributed by atoms with E-state index in [2.05, 4.69) is 14.5 Å². The Morgan fingerprint density at radius 1 is 1.25 bits per heavy atom. The smallest absolute Gasteiger partial charge is 0.260 e. The molecule has 0 radical (unpaired) electrons. The van der Waals surface area contributed by atoms with Crippen molar-refractivity contribution >= 4 is 16.9 Å². The summed E-state index contributed by atoms with van der Waals surface area (Å²) in [6.45, 7) is 0.595. The molecule has 0 aliphatic heterocycles. The molecule has 0 spiro atoms. The van der Waals surface area contributed by atoms with E-state index in [4.69, 9.17) is 10.9 Å². The van der Waals surface area contributed by atoms with Gasteiger partial charge in [0.1, 0.15) is 5.82 Å². The Morgan fingerprint density at radius 3 is 2.79 bits per heavy atom. The number of amides is 1. The van der Waals surface area contributed by atoms with Gasteiger partial charge in [-0.05, 0) is 30.7 Å². The number of hydrogen-bond acceptors (Lipinski definition) is 5. The summed E-state index contributed by atoms with van der Waals surface area (Å²) in [4.78, 5) is 20.4. The minimum Gasteiger partial charge on any atom is -0.322 e. The molecule has 2 aromatic heterocycles. The van der Waals surface area contributed by atoms with Gasteiger partial charge in [0.15, 0.2) is 0 Å². The van der Waals surface area contributed by atoms with E-state index in [1.54, 1.807) is 11.7 Å². The highest BCUT2D eigenvalue weighted by Gasteiger charge is 2.16. The Morgan fingerprint density at radius 2 is 2.04 bits per heavy atom. The number of hydroxylamine groups is 1. The number of nitrogens with zero attached hydrogens (tertiary/aromatic N) is 3. The summed E-state index contributed by atoms with van der Waals surface area (Å²) in [7, 11) is 0. The number of imidazole rings is 1. The zero-order chi connectivity index (χ0) is 16.9. The lowest BCUT2D eigenvalue weighted by Crippen LogP contribution is -2.39. The molecule has 1 amide bonds. The van der Waals surface area contributed by atoms with Gasteiger partial charge in [0.05, 0.1) is 29.3 Å². The number of carbonyl (C=O) groups is 1. The fourth-order valence-corrected chi connectivity index (χ4v) is 2.64. The van der Waals surface area contributed by atoms with E-state index < -0.39 is 11.9 Å². The molecule has 1 aromatic carbocycles. The van der Waals surface area contributed by atoms with Crippen molar-refractivity contribution in [3.05, 3.63) is 60.2 Å². The van der Waals surface area contributed by atoms with Crippen LogP contribution < -0.4 is 11.2 Å². The summed E-state index contributed by atoms with van der Waals surface area (Å²) in [5.74, 6) is 0.241. The molecule has 3 rings (SSSR count). The molecule has 7 nitrogen and oxygen atoms in total. The largest absolute Gasteiger partial charge is 0.322 e. The van der Waals surface area contributed by atoms with E-state index in [1.807, 2.05) is 42.5 Å². The van der Waals surface area contributed by atoms with Crippen LogP contribution in [0.15, 0.2) is 48.7 Å². The van der Waals surface area contributed by atoms with Crippen LogP contribution in [0.3, 0.4) is 0 Å². The first-order chi connectivity index (χ1) is 11.7. The number of fused-ring (bicyclic) bond motifs is 1. The third kappa shape index (κ3) is 3.42. The molecule has 3 aromatic rings. The number of nitrogens with two attached hydrogens (primary N) is 1. The average Bonchev–Trinajstić information content (AvgIpc) is 2.97. The van der Waals surface area contributed by atoms with Gasteiger partial charge in [-0.25, -0.2) is 10.5 Å². The van der Waals surface area contributed by atoms with Gasteiger partial charge in [-0.3, -0.25) is 15.0 Å². The van der Waals surface area contributed by atoms with Gasteiger partial charge in [0.25, 0.3) is 5.91 Å². The number of aromatic nitrogens is 3. The summed E-state index contributed by atoms with van der Waals surface area (Å²) < 4.78 is 2.08. The van der Waals surface area contributed by atoms with E-state index in [0.717, 1.165) is 22.6 Å². The number of aryl methyl sites for hydroxylation is 1. The molecule has 4 N–H and O–H groups in total. The maximum atomic E-state index is 11.4. The Labute approximate surface area is 139 Å². The Balaban J connectivity index is 1.89. The predicted octanol–water partition coefficient (Wildman–Crippen LogP) is 1.24. The summed E-state index contributed by atoms with van der Waals surface area (Å²) in [5, 5.41) is 8.66. The van der Waals surface area contributed by atoms with E-state index in [9.17, 15) is 4.79 Å². The predicted molar refractivity (Wildman–Crippen MR) is 89.3 cm³/mol. The minimum atomic E-state index is -0.780. The van der Waals surface area contributed by atoms with Gasteiger partial charge in [-0.15, -0.1) is 0 Å². The van der Waals surface area contributed by atoms with E-state index >= 15 is 0 Å². The lowest BCUT2D eigenvalue weighted by atomic mass is 10.1. The van der Waals surface area contributed by atoms with Crippen LogP contribution in [-0.2, 0) is 17.8 Å². The molecular weight excluding hydrogens is 306 g/mol. The van der Waals surface area contributed by atoms with Crippen molar-refractivity contribution in [1.29, 1.82) is 0 Å². The quantitative estimate of drug-likeness (QED) is 0.467. The zero-order valence-corrected chi connectivity index (χ0v) is 13.1. The molecule has 0 saturated carbocycles. The second-order valence-corrected chi connectivity index (χ2v) is 5.55. The van der Waals surface area contributed by atoms with Crippen LogP contribution in [0.25, 0.3) is 11.0 Å². The van der Waals surface area contributed by atoms with Crippen molar-refractivity contribution in [3.63, 3.8) is 0 Å². The van der Waals surface area contributed by atoms with Crippen molar-refractivity contribution in [2.24, 2.45) is 5.73 Å². The Kier molecular flexibility index (Phi) is 4.83. The third-order valence-electron chi connectivity index (χ3n) is 3.91. The monoisotopic (exact) mass is 325 g/mol. The highest BCUT2D eigenvalue weighted by Crippen LogP contribution is 2.18. The lowest BCUT2D eigenvalue weighted by Gasteiger charge is -2.11. The van der Waals surface area contributed by atoms with Crippen molar-refractivity contribution in [2.75, 3.05) is 0 Å². The summed E-state index contributed by atoms with van der Waals surface area (Å²) in [6.07, 6.45) is 2.67. The van der Waals surface area contributed by atoms with Crippen LogP contribution in [0.4, 0.5) is 0 Å². The number of nitrogens with one attached hydrogen (secondary N) is 1. The number of benzene rings is 1. The van der Waals surface area contributed by atoms with E-state index in [0.29, 0.717) is 19.4 Å². The molecule has 7 heteroatoms.